The first-order chi connectivity index (χ1) is 7.42. The minimum absolute atomic E-state index is 0. The van der Waals surface area contributed by atoms with Gasteiger partial charge in [-0.05, 0) is 40.1 Å². The molecular weight excluding hydrogens is 443 g/mol. The summed E-state index contributed by atoms with van der Waals surface area (Å²) in [5.41, 5.74) is 23.1. The molecule has 0 aromatic rings. The fraction of sp³-hybridized carbons (Fsp3) is 0.667. The van der Waals surface area contributed by atoms with Crippen LogP contribution in [0.25, 0.3) is 20.9 Å². The van der Waals surface area contributed by atoms with Crippen LogP contribution in [-0.4, -0.2) is 22.2 Å². The third-order valence-electron chi connectivity index (χ3n) is 2.03. The topological polar surface area (TPSA) is 265 Å². The summed E-state index contributed by atoms with van der Waals surface area (Å²) in [6, 6.07) is 0. The second kappa shape index (κ2) is 16.2. The van der Waals surface area contributed by atoms with E-state index in [-0.39, 0.29) is 46.2 Å². The Kier molecular flexibility index (Phi) is 25.8. The van der Waals surface area contributed by atoms with Crippen molar-refractivity contribution in [3.05, 3.63) is 20.9 Å². The Bertz CT molecular complexity index is 304. The average Bonchev–Trinajstić information content (AvgIpc) is 2.01. The quantitative estimate of drug-likeness (QED) is 0.156. The second-order valence-corrected chi connectivity index (χ2v) is 2.75. The summed E-state index contributed by atoms with van der Waals surface area (Å²) >= 11 is 0. The Hall–Kier alpha value is -1.83. The van der Waals surface area contributed by atoms with Crippen molar-refractivity contribution in [3.63, 3.8) is 0 Å². The zero-order valence-electron chi connectivity index (χ0n) is 9.85. The van der Waals surface area contributed by atoms with Crippen LogP contribution in [0.15, 0.2) is 0 Å². The summed E-state index contributed by atoms with van der Waals surface area (Å²) in [6.07, 6.45) is 1.26. The van der Waals surface area contributed by atoms with Gasteiger partial charge in [0.2, 0.25) is 0 Å². The number of nitrogens with one attached hydrogen (secondary N) is 2. The predicted molar refractivity (Wildman–Crippen MR) is 60.5 cm³/mol. The van der Waals surface area contributed by atoms with E-state index in [0.29, 0.717) is 6.42 Å². The molecule has 110 valence electrons. The van der Waals surface area contributed by atoms with Crippen LogP contribution in [0.4, 0.5) is 0 Å². The van der Waals surface area contributed by atoms with E-state index in [1.54, 1.807) is 9.82 Å². The van der Waals surface area contributed by atoms with Gasteiger partial charge >= 0.3 is 33.0 Å². The molecule has 1 rings (SSSR count). The Balaban J connectivity index is -0.0000000635. The molecule has 0 amide bonds. The van der Waals surface area contributed by atoms with Gasteiger partial charge in [0.1, 0.15) is 0 Å². The Labute approximate surface area is 122 Å². The summed E-state index contributed by atoms with van der Waals surface area (Å²) in [6.45, 7) is 0. The van der Waals surface area contributed by atoms with Crippen molar-refractivity contribution in [3.8, 4) is 0 Å². The molecule has 0 heterocycles. The van der Waals surface area contributed by atoms with Gasteiger partial charge in [0, 0.05) is 0 Å². The smallest absolute Gasteiger partial charge is 0.480 e. The van der Waals surface area contributed by atoms with E-state index in [9.17, 15) is 9.59 Å². The van der Waals surface area contributed by atoms with Crippen LogP contribution >= 0.6 is 0 Å². The Morgan fingerprint density at radius 2 is 1.21 bits per heavy atom. The summed E-state index contributed by atoms with van der Waals surface area (Å²) in [5.74, 6) is -2.41. The van der Waals surface area contributed by atoms with Gasteiger partial charge in [0.15, 0.2) is 5.41 Å². The molecule has 10 N–H and O–H groups in total. The molecule has 13 heteroatoms. The molecule has 0 atom stereocenters. The van der Waals surface area contributed by atoms with Crippen molar-refractivity contribution >= 4 is 11.9 Å². The van der Waals surface area contributed by atoms with Crippen LogP contribution in [0.2, 0.25) is 0 Å². The summed E-state index contributed by atoms with van der Waals surface area (Å²) in [5, 5.41) is 16.9. The summed E-state index contributed by atoms with van der Waals surface area (Å²) < 4.78 is 0. The van der Waals surface area contributed by atoms with Gasteiger partial charge in [-0.25, -0.2) is 0 Å². The van der Waals surface area contributed by atoms with Gasteiger partial charge in [0.05, 0.1) is 0 Å². The number of carbonyl (C=O) groups is 2. The standard InChI is InChI=1S/C6H8O4.2HN3.2H3N.Pt/c7-4(8)6(5(9)10)2-1-3-6;2*1-3-2;;;/h1-3H2,(H,7,8)(H,9,10);2*1H;2*1H3;/q;;;;;+4. The van der Waals surface area contributed by atoms with Crippen molar-refractivity contribution < 1.29 is 40.9 Å². The van der Waals surface area contributed by atoms with Gasteiger partial charge < -0.3 is 22.5 Å². The maximum absolute atomic E-state index is 10.4. The molecule has 1 aliphatic rings. The van der Waals surface area contributed by atoms with Crippen LogP contribution in [0, 0.1) is 16.5 Å². The van der Waals surface area contributed by atoms with Crippen LogP contribution in [0.5, 0.6) is 0 Å². The summed E-state index contributed by atoms with van der Waals surface area (Å²) in [4.78, 5) is 24.2. The van der Waals surface area contributed by atoms with Crippen molar-refractivity contribution in [2.24, 2.45) is 5.41 Å². The van der Waals surface area contributed by atoms with Crippen LogP contribution in [0.1, 0.15) is 19.3 Å². The van der Waals surface area contributed by atoms with E-state index >= 15 is 0 Å². The fourth-order valence-corrected chi connectivity index (χ4v) is 1.05. The molecule has 0 unspecified atom stereocenters. The average molecular weight is 459 g/mol. The second-order valence-electron chi connectivity index (χ2n) is 2.75. The minimum atomic E-state index is -1.44. The number of carboxylic acids is 2. The van der Waals surface area contributed by atoms with Crippen LogP contribution < -0.4 is 12.3 Å². The van der Waals surface area contributed by atoms with Gasteiger partial charge in [-0.2, -0.15) is 0 Å². The zero-order valence-corrected chi connectivity index (χ0v) is 12.1. The first kappa shape index (κ1) is 30.3. The molecular formula is C6H16N8O4Pt+4. The van der Waals surface area contributed by atoms with Gasteiger partial charge in [0.25, 0.3) is 0 Å². The first-order valence-corrected chi connectivity index (χ1v) is 3.91. The number of aliphatic carboxylic acids is 2. The zero-order chi connectivity index (χ0) is 13.2. The number of carboxylic acid groups (broad SMARTS) is 2. The molecule has 1 saturated carbocycles. The molecule has 12 nitrogen and oxygen atoms in total. The number of hydrogen-bond acceptors (Lipinski definition) is 6. The molecule has 1 aliphatic carbocycles. The Morgan fingerprint density at radius 3 is 1.21 bits per heavy atom. The number of nitrogens with zero attached hydrogens (tertiary/aromatic N) is 4. The van der Waals surface area contributed by atoms with Crippen molar-refractivity contribution in [2.45, 2.75) is 19.3 Å². The van der Waals surface area contributed by atoms with Crippen LogP contribution in [0.3, 0.4) is 0 Å². The molecule has 19 heavy (non-hydrogen) atoms. The molecule has 1 fully saturated rings. The minimum Gasteiger partial charge on any atom is -0.480 e. The van der Waals surface area contributed by atoms with Crippen molar-refractivity contribution in [1.29, 1.82) is 11.1 Å². The monoisotopic (exact) mass is 459 g/mol. The first-order valence-electron chi connectivity index (χ1n) is 3.91. The van der Waals surface area contributed by atoms with Crippen molar-refractivity contribution in [1.82, 2.24) is 12.3 Å². The van der Waals surface area contributed by atoms with E-state index in [1.807, 2.05) is 0 Å². The number of rotatable bonds is 2. The van der Waals surface area contributed by atoms with Gasteiger partial charge in [-0.1, -0.05) is 0 Å². The molecule has 0 aromatic heterocycles. The Morgan fingerprint density at radius 1 is 1.00 bits per heavy atom. The predicted octanol–water partition coefficient (Wildman–Crippen LogP) is 2.40. The molecule has 0 aliphatic heterocycles. The number of hydrogen-bond donors (Lipinski definition) is 6. The SMILES string of the molecule is N.N.O=C(O)C1(C(=O)O)CCC1.[N-]=[N+]=N.[N-]=[N+]=N.[Pt+4]. The van der Waals surface area contributed by atoms with Gasteiger partial charge in [-0.3, -0.25) is 9.59 Å². The molecule has 0 saturated heterocycles. The third-order valence-corrected chi connectivity index (χ3v) is 2.03. The van der Waals surface area contributed by atoms with Gasteiger partial charge in [-0.15, -0.1) is 11.1 Å². The van der Waals surface area contributed by atoms with E-state index in [2.05, 4.69) is 0 Å². The maximum Gasteiger partial charge on any atom is 4.00 e. The van der Waals surface area contributed by atoms with E-state index in [4.69, 9.17) is 32.3 Å². The summed E-state index contributed by atoms with van der Waals surface area (Å²) in [7, 11) is 0. The largest absolute Gasteiger partial charge is 4.00 e. The maximum atomic E-state index is 10.4. The fourth-order valence-electron chi connectivity index (χ4n) is 1.05. The normalized spacial score (nSPS) is 12.0. The third kappa shape index (κ3) is 9.83. The molecule has 0 spiro atoms. The van der Waals surface area contributed by atoms with E-state index < -0.39 is 17.4 Å². The molecule has 0 radical (unpaired) electrons. The molecule has 0 aromatic carbocycles. The van der Waals surface area contributed by atoms with Crippen molar-refractivity contribution in [2.75, 3.05) is 0 Å². The van der Waals surface area contributed by atoms with E-state index in [1.165, 1.54) is 0 Å². The van der Waals surface area contributed by atoms with Crippen LogP contribution in [-0.2, 0) is 30.7 Å². The molecule has 0 bridgehead atoms. The van der Waals surface area contributed by atoms with E-state index in [0.717, 1.165) is 0 Å².